The number of para-hydroxylation sites is 1. The third-order valence-electron chi connectivity index (χ3n) is 6.36. The third-order valence-corrected chi connectivity index (χ3v) is 6.36. The number of aliphatic hydroxyl groups is 1. The lowest BCUT2D eigenvalue weighted by molar-refractivity contribution is -0.0246. The first-order chi connectivity index (χ1) is 15.5. The molecule has 0 saturated carbocycles. The van der Waals surface area contributed by atoms with Gasteiger partial charge in [-0.15, -0.1) is 0 Å². The van der Waals surface area contributed by atoms with Crippen molar-refractivity contribution in [2.75, 3.05) is 18.1 Å². The monoisotopic (exact) mass is 434 g/mol. The number of halogens is 2. The number of likely N-dealkylation sites (tertiary alicyclic amines) is 1. The fourth-order valence-corrected chi connectivity index (χ4v) is 4.88. The molecular weight excluding hydrogens is 414 g/mol. The van der Waals surface area contributed by atoms with Crippen molar-refractivity contribution in [3.8, 4) is 0 Å². The fourth-order valence-electron chi connectivity index (χ4n) is 4.88. The van der Waals surface area contributed by atoms with E-state index in [1.54, 1.807) is 23.1 Å². The minimum atomic E-state index is -0.613. The van der Waals surface area contributed by atoms with E-state index in [-0.39, 0.29) is 30.5 Å². The van der Waals surface area contributed by atoms with E-state index in [2.05, 4.69) is 0 Å². The van der Waals surface area contributed by atoms with Crippen LogP contribution in [0.2, 0.25) is 0 Å². The molecule has 3 aromatic carbocycles. The highest BCUT2D eigenvalue weighted by atomic mass is 19.1. The van der Waals surface area contributed by atoms with E-state index in [1.165, 1.54) is 47.4 Å². The molecule has 0 aromatic heterocycles. The van der Waals surface area contributed by atoms with E-state index in [0.717, 1.165) is 5.56 Å². The largest absolute Gasteiger partial charge is 0.394 e. The van der Waals surface area contributed by atoms with Gasteiger partial charge >= 0.3 is 0 Å². The summed E-state index contributed by atoms with van der Waals surface area (Å²) in [5, 5.41) is 10.1. The van der Waals surface area contributed by atoms with Crippen LogP contribution in [0.1, 0.15) is 32.2 Å². The first kappa shape index (κ1) is 20.3. The van der Waals surface area contributed by atoms with Crippen molar-refractivity contribution in [3.63, 3.8) is 0 Å². The number of rotatable bonds is 3. The first-order valence-electron chi connectivity index (χ1n) is 10.4. The number of hydrogen-bond acceptors (Lipinski definition) is 3. The van der Waals surface area contributed by atoms with Crippen LogP contribution >= 0.6 is 0 Å². The van der Waals surface area contributed by atoms with Crippen molar-refractivity contribution < 1.29 is 23.5 Å². The van der Waals surface area contributed by atoms with Gasteiger partial charge in [0.25, 0.3) is 11.8 Å². The Bertz CT molecular complexity index is 1200. The highest BCUT2D eigenvalue weighted by Gasteiger charge is 2.55. The predicted molar refractivity (Wildman–Crippen MR) is 114 cm³/mol. The van der Waals surface area contributed by atoms with Gasteiger partial charge in [0.2, 0.25) is 0 Å². The Balaban J connectivity index is 1.54. The van der Waals surface area contributed by atoms with Crippen LogP contribution in [-0.4, -0.2) is 47.1 Å². The highest BCUT2D eigenvalue weighted by Crippen LogP contribution is 2.48. The Morgan fingerprint density at radius 1 is 0.906 bits per heavy atom. The Morgan fingerprint density at radius 3 is 2.31 bits per heavy atom. The summed E-state index contributed by atoms with van der Waals surface area (Å²) in [5.74, 6) is -2.06. The average molecular weight is 434 g/mol. The standard InChI is InChI=1S/C25H20F2N2O3/c26-16-11-9-15(10-12-16)24(31)29-21-13-28(25(32)17-5-1-3-7-19(17)27)20-8-4-2-6-18(20)23(21)22(29)14-30/h1-12,21-23,30H,13-14H2/t21-,22+,23+/m0/s1. The number of benzene rings is 3. The SMILES string of the molecule is O=C(c1ccccc1F)N1C[C@H]2[C@@H](c3ccccc31)[C@@H](CO)N2C(=O)c1ccc(F)cc1. The molecule has 162 valence electrons. The van der Waals surface area contributed by atoms with Crippen molar-refractivity contribution in [3.05, 3.63) is 101 Å². The predicted octanol–water partition coefficient (Wildman–Crippen LogP) is 3.59. The number of carbonyl (C=O) groups is 2. The number of anilines is 1. The van der Waals surface area contributed by atoms with Gasteiger partial charge < -0.3 is 14.9 Å². The van der Waals surface area contributed by atoms with Crippen molar-refractivity contribution in [2.45, 2.75) is 18.0 Å². The van der Waals surface area contributed by atoms with Gasteiger partial charge in [0, 0.05) is 23.7 Å². The molecule has 5 rings (SSSR count). The molecule has 1 saturated heterocycles. The van der Waals surface area contributed by atoms with E-state index in [4.69, 9.17) is 0 Å². The van der Waals surface area contributed by atoms with Crippen molar-refractivity contribution >= 4 is 17.5 Å². The van der Waals surface area contributed by atoms with Crippen LogP contribution in [0.3, 0.4) is 0 Å². The van der Waals surface area contributed by atoms with Gasteiger partial charge in [-0.05, 0) is 48.0 Å². The molecule has 2 aliphatic rings. The van der Waals surface area contributed by atoms with Crippen molar-refractivity contribution in [2.24, 2.45) is 0 Å². The van der Waals surface area contributed by atoms with E-state index >= 15 is 0 Å². The zero-order valence-corrected chi connectivity index (χ0v) is 17.0. The molecule has 0 bridgehead atoms. The normalized spacial score (nSPS) is 21.4. The van der Waals surface area contributed by atoms with Crippen LogP contribution in [0.25, 0.3) is 0 Å². The number of fused-ring (bicyclic) bond motifs is 3. The molecule has 0 unspecified atom stereocenters. The van der Waals surface area contributed by atoms with Crippen LogP contribution in [0, 0.1) is 11.6 Å². The minimum absolute atomic E-state index is 0.0461. The zero-order chi connectivity index (χ0) is 22.4. The van der Waals surface area contributed by atoms with Gasteiger partial charge in [0.15, 0.2) is 0 Å². The molecule has 2 aliphatic heterocycles. The Hall–Kier alpha value is -3.58. The average Bonchev–Trinajstić information content (AvgIpc) is 2.79. The molecule has 2 heterocycles. The Labute approximate surface area is 183 Å². The first-order valence-corrected chi connectivity index (χ1v) is 10.4. The quantitative estimate of drug-likeness (QED) is 0.685. The summed E-state index contributed by atoms with van der Waals surface area (Å²) in [6.07, 6.45) is 0. The van der Waals surface area contributed by atoms with Crippen LogP contribution in [0.15, 0.2) is 72.8 Å². The molecule has 7 heteroatoms. The lowest BCUT2D eigenvalue weighted by Crippen LogP contribution is -2.70. The lowest BCUT2D eigenvalue weighted by Gasteiger charge is -2.58. The maximum atomic E-state index is 14.4. The van der Waals surface area contributed by atoms with Gasteiger partial charge in [-0.3, -0.25) is 9.59 Å². The van der Waals surface area contributed by atoms with Crippen LogP contribution in [0.4, 0.5) is 14.5 Å². The topological polar surface area (TPSA) is 60.9 Å². The smallest absolute Gasteiger partial charge is 0.261 e. The number of carbonyl (C=O) groups excluding carboxylic acids is 2. The van der Waals surface area contributed by atoms with Crippen LogP contribution in [-0.2, 0) is 0 Å². The van der Waals surface area contributed by atoms with E-state index in [0.29, 0.717) is 11.3 Å². The molecule has 3 atom stereocenters. The Kier molecular flexibility index (Phi) is 4.98. The summed E-state index contributed by atoms with van der Waals surface area (Å²) in [6, 6.07) is 17.5. The van der Waals surface area contributed by atoms with Gasteiger partial charge in [-0.2, -0.15) is 0 Å². The van der Waals surface area contributed by atoms with Crippen LogP contribution in [0.5, 0.6) is 0 Å². The molecule has 1 fully saturated rings. The van der Waals surface area contributed by atoms with Crippen molar-refractivity contribution in [1.29, 1.82) is 0 Å². The maximum Gasteiger partial charge on any atom is 0.261 e. The molecule has 3 aromatic rings. The molecular formula is C25H20F2N2O3. The Morgan fingerprint density at radius 2 is 1.59 bits per heavy atom. The number of amides is 2. The second kappa shape index (κ2) is 7.84. The summed E-state index contributed by atoms with van der Waals surface area (Å²) in [7, 11) is 0. The zero-order valence-electron chi connectivity index (χ0n) is 17.0. The summed E-state index contributed by atoms with van der Waals surface area (Å²) in [6.45, 7) is -0.0814. The lowest BCUT2D eigenvalue weighted by atomic mass is 9.71. The molecule has 2 amide bonds. The number of hydrogen-bond donors (Lipinski definition) is 1. The van der Waals surface area contributed by atoms with Gasteiger partial charge in [-0.25, -0.2) is 8.78 Å². The molecule has 0 spiro atoms. The summed E-state index contributed by atoms with van der Waals surface area (Å²) in [5.41, 5.74) is 1.73. The molecule has 5 nitrogen and oxygen atoms in total. The second-order valence-corrected chi connectivity index (χ2v) is 8.02. The second-order valence-electron chi connectivity index (χ2n) is 8.02. The van der Waals surface area contributed by atoms with Crippen molar-refractivity contribution in [1.82, 2.24) is 4.90 Å². The van der Waals surface area contributed by atoms with Gasteiger partial charge in [0.1, 0.15) is 11.6 Å². The summed E-state index contributed by atoms with van der Waals surface area (Å²) < 4.78 is 27.7. The summed E-state index contributed by atoms with van der Waals surface area (Å²) in [4.78, 5) is 29.5. The van der Waals surface area contributed by atoms with E-state index < -0.39 is 29.6 Å². The number of nitrogens with zero attached hydrogens (tertiary/aromatic N) is 2. The fraction of sp³-hybridized carbons (Fsp3) is 0.200. The van der Waals surface area contributed by atoms with Crippen LogP contribution < -0.4 is 4.90 Å². The maximum absolute atomic E-state index is 14.4. The van der Waals surface area contributed by atoms with Gasteiger partial charge in [-0.1, -0.05) is 30.3 Å². The van der Waals surface area contributed by atoms with E-state index in [9.17, 15) is 23.5 Å². The molecule has 1 N–H and O–H groups in total. The molecule has 0 radical (unpaired) electrons. The van der Waals surface area contributed by atoms with Gasteiger partial charge in [0.05, 0.1) is 24.3 Å². The number of aliphatic hydroxyl groups excluding tert-OH is 1. The third kappa shape index (κ3) is 3.08. The summed E-state index contributed by atoms with van der Waals surface area (Å²) >= 11 is 0. The highest BCUT2D eigenvalue weighted by molar-refractivity contribution is 6.07. The minimum Gasteiger partial charge on any atom is -0.394 e. The molecule has 0 aliphatic carbocycles. The molecule has 32 heavy (non-hydrogen) atoms. The van der Waals surface area contributed by atoms with E-state index in [1.807, 2.05) is 12.1 Å².